The maximum Gasteiger partial charge on any atom is 0.309 e. The molecule has 0 heterocycles. The molecule has 0 saturated carbocycles. The van der Waals surface area contributed by atoms with E-state index in [1.54, 1.807) is 13.8 Å². The second kappa shape index (κ2) is 5.70. The predicted octanol–water partition coefficient (Wildman–Crippen LogP) is 0.801. The topological polar surface area (TPSA) is 83.8 Å². The molecule has 0 aromatic carbocycles. The standard InChI is InChI=1S/C10H18O5/c1-7(11)6-15-8(12)4-5-10(2,3)9(13)14/h7,11H,4-6H2,1-3H3,(H,13,14). The van der Waals surface area contributed by atoms with Gasteiger partial charge in [-0.1, -0.05) is 0 Å². The molecule has 15 heavy (non-hydrogen) atoms. The van der Waals surface area contributed by atoms with Crippen molar-refractivity contribution in [1.82, 2.24) is 0 Å². The van der Waals surface area contributed by atoms with Crippen molar-refractivity contribution in [1.29, 1.82) is 0 Å². The Morgan fingerprint density at radius 1 is 1.40 bits per heavy atom. The number of carboxylic acids is 1. The highest BCUT2D eigenvalue weighted by Crippen LogP contribution is 2.22. The fourth-order valence-corrected chi connectivity index (χ4v) is 0.807. The van der Waals surface area contributed by atoms with Gasteiger partial charge in [0.2, 0.25) is 0 Å². The minimum atomic E-state index is -0.939. The van der Waals surface area contributed by atoms with Crippen LogP contribution in [0.4, 0.5) is 0 Å². The van der Waals surface area contributed by atoms with E-state index in [1.807, 2.05) is 0 Å². The first kappa shape index (κ1) is 13.9. The van der Waals surface area contributed by atoms with Crippen molar-refractivity contribution in [2.24, 2.45) is 5.41 Å². The first-order valence-corrected chi connectivity index (χ1v) is 4.83. The van der Waals surface area contributed by atoms with Gasteiger partial charge >= 0.3 is 11.9 Å². The fraction of sp³-hybridized carbons (Fsp3) is 0.800. The normalized spacial score (nSPS) is 13.3. The lowest BCUT2D eigenvalue weighted by Crippen LogP contribution is -2.25. The van der Waals surface area contributed by atoms with Gasteiger partial charge in [-0.25, -0.2) is 0 Å². The number of aliphatic hydroxyl groups is 1. The summed E-state index contributed by atoms with van der Waals surface area (Å²) in [5.41, 5.74) is -0.927. The van der Waals surface area contributed by atoms with Gasteiger partial charge in [-0.3, -0.25) is 9.59 Å². The highest BCUT2D eigenvalue weighted by Gasteiger charge is 2.27. The fourth-order valence-electron chi connectivity index (χ4n) is 0.807. The van der Waals surface area contributed by atoms with Gasteiger partial charge in [0.15, 0.2) is 0 Å². The molecule has 88 valence electrons. The number of ether oxygens (including phenoxy) is 1. The Hall–Kier alpha value is -1.10. The van der Waals surface area contributed by atoms with E-state index in [0.717, 1.165) is 0 Å². The van der Waals surface area contributed by atoms with Crippen molar-refractivity contribution in [3.05, 3.63) is 0 Å². The number of carbonyl (C=O) groups is 2. The van der Waals surface area contributed by atoms with Crippen molar-refractivity contribution in [3.63, 3.8) is 0 Å². The number of esters is 1. The minimum absolute atomic E-state index is 0.0476. The number of hydrogen-bond donors (Lipinski definition) is 2. The monoisotopic (exact) mass is 218 g/mol. The molecular weight excluding hydrogens is 200 g/mol. The molecule has 5 heteroatoms. The number of aliphatic hydroxyl groups excluding tert-OH is 1. The summed E-state index contributed by atoms with van der Waals surface area (Å²) in [6.07, 6.45) is -0.422. The summed E-state index contributed by atoms with van der Waals surface area (Å²) in [4.78, 5) is 21.8. The van der Waals surface area contributed by atoms with E-state index >= 15 is 0 Å². The van der Waals surface area contributed by atoms with Crippen LogP contribution in [0.3, 0.4) is 0 Å². The first-order chi connectivity index (χ1) is 6.75. The van der Waals surface area contributed by atoms with Crippen LogP contribution in [0.15, 0.2) is 0 Å². The molecule has 0 aromatic heterocycles. The van der Waals surface area contributed by atoms with E-state index < -0.39 is 23.5 Å². The molecule has 2 N–H and O–H groups in total. The molecule has 1 atom stereocenters. The van der Waals surface area contributed by atoms with Crippen LogP contribution in [-0.2, 0) is 14.3 Å². The summed E-state index contributed by atoms with van der Waals surface area (Å²) in [5.74, 6) is -1.42. The molecule has 0 aliphatic heterocycles. The van der Waals surface area contributed by atoms with Gasteiger partial charge in [0.25, 0.3) is 0 Å². The van der Waals surface area contributed by atoms with E-state index in [-0.39, 0.29) is 19.4 Å². The number of hydrogen-bond acceptors (Lipinski definition) is 4. The third kappa shape index (κ3) is 6.06. The lowest BCUT2D eigenvalue weighted by molar-refractivity contribution is -0.150. The van der Waals surface area contributed by atoms with E-state index in [4.69, 9.17) is 14.9 Å². The zero-order valence-corrected chi connectivity index (χ0v) is 9.32. The van der Waals surface area contributed by atoms with Gasteiger partial charge in [0.05, 0.1) is 11.5 Å². The molecule has 0 fully saturated rings. The predicted molar refractivity (Wildman–Crippen MR) is 53.3 cm³/mol. The van der Waals surface area contributed by atoms with Crippen LogP contribution in [0.1, 0.15) is 33.6 Å². The average Bonchev–Trinajstić information content (AvgIpc) is 2.11. The van der Waals surface area contributed by atoms with Crippen LogP contribution in [0.5, 0.6) is 0 Å². The molecule has 1 unspecified atom stereocenters. The van der Waals surface area contributed by atoms with Crippen LogP contribution in [0.2, 0.25) is 0 Å². The van der Waals surface area contributed by atoms with Crippen molar-refractivity contribution in [2.45, 2.75) is 39.7 Å². The van der Waals surface area contributed by atoms with E-state index in [9.17, 15) is 9.59 Å². The average molecular weight is 218 g/mol. The van der Waals surface area contributed by atoms with Gasteiger partial charge in [0, 0.05) is 6.42 Å². The van der Waals surface area contributed by atoms with E-state index in [1.165, 1.54) is 6.92 Å². The summed E-state index contributed by atoms with van der Waals surface area (Å²) >= 11 is 0. The molecule has 0 aliphatic carbocycles. The number of carboxylic acid groups (broad SMARTS) is 1. The summed E-state index contributed by atoms with van der Waals surface area (Å²) in [5, 5.41) is 17.6. The summed E-state index contributed by atoms with van der Waals surface area (Å²) in [7, 11) is 0. The molecule has 0 rings (SSSR count). The smallest absolute Gasteiger partial charge is 0.309 e. The third-order valence-corrected chi connectivity index (χ3v) is 2.02. The molecule has 5 nitrogen and oxygen atoms in total. The second-order valence-electron chi connectivity index (χ2n) is 4.22. The summed E-state index contributed by atoms with van der Waals surface area (Å²) in [6.45, 7) is 4.56. The zero-order chi connectivity index (χ0) is 12.1. The number of carbonyl (C=O) groups excluding carboxylic acids is 1. The molecule has 0 amide bonds. The van der Waals surface area contributed by atoms with Crippen LogP contribution in [-0.4, -0.2) is 34.9 Å². The largest absolute Gasteiger partial charge is 0.481 e. The molecule has 0 aromatic rings. The lowest BCUT2D eigenvalue weighted by atomic mass is 9.88. The molecule has 0 spiro atoms. The molecular formula is C10H18O5. The van der Waals surface area contributed by atoms with Gasteiger partial charge in [-0.15, -0.1) is 0 Å². The first-order valence-electron chi connectivity index (χ1n) is 4.83. The van der Waals surface area contributed by atoms with Gasteiger partial charge in [-0.05, 0) is 27.2 Å². The Morgan fingerprint density at radius 3 is 2.33 bits per heavy atom. The SMILES string of the molecule is CC(O)COC(=O)CCC(C)(C)C(=O)O. The molecule has 0 bridgehead atoms. The molecule has 0 radical (unpaired) electrons. The van der Waals surface area contributed by atoms with Crippen LogP contribution < -0.4 is 0 Å². The summed E-state index contributed by atoms with van der Waals surface area (Å²) in [6, 6.07) is 0. The van der Waals surface area contributed by atoms with Crippen molar-refractivity contribution in [3.8, 4) is 0 Å². The van der Waals surface area contributed by atoms with Gasteiger partial charge in [0.1, 0.15) is 6.61 Å². The number of rotatable bonds is 6. The zero-order valence-electron chi connectivity index (χ0n) is 9.32. The van der Waals surface area contributed by atoms with Crippen molar-refractivity contribution >= 4 is 11.9 Å². The highest BCUT2D eigenvalue weighted by atomic mass is 16.5. The maximum atomic E-state index is 11.1. The molecule has 0 saturated heterocycles. The highest BCUT2D eigenvalue weighted by molar-refractivity contribution is 5.75. The van der Waals surface area contributed by atoms with Crippen molar-refractivity contribution in [2.75, 3.05) is 6.61 Å². The van der Waals surface area contributed by atoms with Crippen LogP contribution in [0.25, 0.3) is 0 Å². The van der Waals surface area contributed by atoms with Crippen LogP contribution >= 0.6 is 0 Å². The van der Waals surface area contributed by atoms with Crippen molar-refractivity contribution < 1.29 is 24.5 Å². The Bertz CT molecular complexity index is 232. The lowest BCUT2D eigenvalue weighted by Gasteiger charge is -2.18. The Balaban J connectivity index is 3.85. The Labute approximate surface area is 89.0 Å². The Morgan fingerprint density at radius 2 is 1.93 bits per heavy atom. The van der Waals surface area contributed by atoms with E-state index in [0.29, 0.717) is 0 Å². The third-order valence-electron chi connectivity index (χ3n) is 2.02. The summed E-state index contributed by atoms with van der Waals surface area (Å²) < 4.78 is 4.70. The quantitative estimate of drug-likeness (QED) is 0.644. The van der Waals surface area contributed by atoms with Crippen LogP contribution in [0, 0.1) is 5.41 Å². The Kier molecular flexibility index (Phi) is 5.28. The second-order valence-corrected chi connectivity index (χ2v) is 4.22. The van der Waals surface area contributed by atoms with Gasteiger partial charge < -0.3 is 14.9 Å². The maximum absolute atomic E-state index is 11.1. The molecule has 0 aliphatic rings. The number of aliphatic carboxylic acids is 1. The van der Waals surface area contributed by atoms with E-state index in [2.05, 4.69) is 0 Å². The van der Waals surface area contributed by atoms with Gasteiger partial charge in [-0.2, -0.15) is 0 Å². The minimum Gasteiger partial charge on any atom is -0.481 e.